The monoisotopic (exact) mass is 465 g/mol. The molecule has 172 valence electrons. The molecular formula is C29H41NP2. The molecule has 1 aliphatic heterocycles. The fourth-order valence-electron chi connectivity index (χ4n) is 6.51. The van der Waals surface area contributed by atoms with Crippen molar-refractivity contribution in [1.29, 1.82) is 0 Å². The molecule has 2 aromatic carbocycles. The van der Waals surface area contributed by atoms with Crippen LogP contribution in [0.3, 0.4) is 0 Å². The topological polar surface area (TPSA) is 3.24 Å². The third-order valence-electron chi connectivity index (χ3n) is 8.07. The molecule has 1 unspecified atom stereocenters. The van der Waals surface area contributed by atoms with Crippen molar-refractivity contribution in [2.45, 2.75) is 94.4 Å². The van der Waals surface area contributed by atoms with E-state index in [9.17, 15) is 0 Å². The van der Waals surface area contributed by atoms with Gasteiger partial charge in [0, 0.05) is 12.6 Å². The second-order valence-electron chi connectivity index (χ2n) is 10.2. The van der Waals surface area contributed by atoms with Gasteiger partial charge in [-0.05, 0) is 82.6 Å². The molecule has 3 aliphatic rings. The third-order valence-corrected chi connectivity index (χ3v) is 14.3. The maximum absolute atomic E-state index is 3.16. The number of nitrogens with zero attached hydrogens (tertiary/aromatic N) is 1. The van der Waals surface area contributed by atoms with Gasteiger partial charge in [-0.2, -0.15) is 0 Å². The molecule has 0 radical (unpaired) electrons. The Balaban J connectivity index is 1.40. The minimum absolute atomic E-state index is 0.0379. The molecule has 0 N–H and O–H groups in total. The van der Waals surface area contributed by atoms with Gasteiger partial charge in [0.2, 0.25) is 0 Å². The molecule has 0 aromatic heterocycles. The summed E-state index contributed by atoms with van der Waals surface area (Å²) < 4.78 is 3.16. The van der Waals surface area contributed by atoms with Crippen molar-refractivity contribution in [2.75, 3.05) is 12.7 Å². The molecule has 1 atom stereocenters. The van der Waals surface area contributed by atoms with E-state index in [0.29, 0.717) is 0 Å². The van der Waals surface area contributed by atoms with Crippen LogP contribution in [0, 0.1) is 0 Å². The lowest BCUT2D eigenvalue weighted by molar-refractivity contribution is 0.408. The van der Waals surface area contributed by atoms with Crippen LogP contribution in [0.4, 0.5) is 0 Å². The highest BCUT2D eigenvalue weighted by Crippen LogP contribution is 2.61. The molecule has 0 spiro atoms. The van der Waals surface area contributed by atoms with Gasteiger partial charge in [-0.1, -0.05) is 99.2 Å². The van der Waals surface area contributed by atoms with E-state index >= 15 is 0 Å². The second kappa shape index (κ2) is 11.6. The van der Waals surface area contributed by atoms with Crippen LogP contribution in [0.2, 0.25) is 0 Å². The van der Waals surface area contributed by atoms with Gasteiger partial charge in [-0.25, -0.2) is 0 Å². The Bertz CT molecular complexity index is 741. The van der Waals surface area contributed by atoms with Crippen LogP contribution in [0.1, 0.15) is 77.0 Å². The Kier molecular flexibility index (Phi) is 8.35. The molecule has 2 aliphatic carbocycles. The number of hydrogen-bond donors (Lipinski definition) is 0. The van der Waals surface area contributed by atoms with Gasteiger partial charge in [0.1, 0.15) is 0 Å². The van der Waals surface area contributed by atoms with E-state index in [4.69, 9.17) is 0 Å². The number of hydrogen-bond acceptors (Lipinski definition) is 1. The lowest BCUT2D eigenvalue weighted by Gasteiger charge is -2.46. The van der Waals surface area contributed by atoms with E-state index in [2.05, 4.69) is 65.3 Å². The fraction of sp³-hybridized carbons (Fsp3) is 0.586. The highest BCUT2D eigenvalue weighted by molar-refractivity contribution is 7.73. The van der Waals surface area contributed by atoms with Crippen LogP contribution in [0.25, 0.3) is 0 Å². The summed E-state index contributed by atoms with van der Waals surface area (Å²) >= 11 is 0. The van der Waals surface area contributed by atoms with Crippen LogP contribution in [0.5, 0.6) is 0 Å². The summed E-state index contributed by atoms with van der Waals surface area (Å²) in [5.74, 6) is 0. The maximum Gasteiger partial charge on any atom is 0.0180 e. The Morgan fingerprint density at radius 2 is 1.09 bits per heavy atom. The molecule has 0 bridgehead atoms. The van der Waals surface area contributed by atoms with Gasteiger partial charge in [-0.15, -0.1) is 0 Å². The summed E-state index contributed by atoms with van der Waals surface area (Å²) in [6, 6.07) is 23.7. The Labute approximate surface area is 198 Å². The summed E-state index contributed by atoms with van der Waals surface area (Å²) in [7, 11) is -0.242. The average Bonchev–Trinajstić information content (AvgIpc) is 3.33. The van der Waals surface area contributed by atoms with Crippen molar-refractivity contribution < 1.29 is 0 Å². The minimum Gasteiger partial charge on any atom is -0.278 e. The molecule has 3 heteroatoms. The Hall–Kier alpha value is -0.740. The van der Waals surface area contributed by atoms with Gasteiger partial charge < -0.3 is 0 Å². The summed E-state index contributed by atoms with van der Waals surface area (Å²) in [5, 5.41) is 3.14. The zero-order valence-corrected chi connectivity index (χ0v) is 21.5. The highest BCUT2D eigenvalue weighted by atomic mass is 31.1. The SMILES string of the molecule is c1ccc(P(CC2CCCN2P(C2CCCCC2)C2CCCCC2)c2ccccc2)cc1. The summed E-state index contributed by atoms with van der Waals surface area (Å²) in [5.41, 5.74) is 2.06. The summed E-state index contributed by atoms with van der Waals surface area (Å²) in [6.07, 6.45) is 19.3. The Morgan fingerprint density at radius 3 is 1.59 bits per heavy atom. The maximum atomic E-state index is 3.16. The van der Waals surface area contributed by atoms with E-state index < -0.39 is 0 Å². The van der Waals surface area contributed by atoms with E-state index in [1.54, 1.807) is 10.6 Å². The first-order chi connectivity index (χ1) is 15.9. The van der Waals surface area contributed by atoms with Gasteiger partial charge >= 0.3 is 0 Å². The second-order valence-corrected chi connectivity index (χ2v) is 15.2. The standard InChI is InChI=1S/C29H41NP2/c1-5-15-26(16-6-1)31(27-17-7-2-8-18-27)24-25-14-13-23-30(25)32(28-19-9-3-10-20-28)29-21-11-4-12-22-29/h1-2,5-8,15-18,25,28-29H,3-4,9-14,19-24H2. The fourth-order valence-corrected chi connectivity index (χ4v) is 13.4. The van der Waals surface area contributed by atoms with Crippen molar-refractivity contribution >= 4 is 26.6 Å². The molecular weight excluding hydrogens is 424 g/mol. The highest BCUT2D eigenvalue weighted by Gasteiger charge is 2.40. The van der Waals surface area contributed by atoms with Gasteiger partial charge in [-0.3, -0.25) is 4.67 Å². The Morgan fingerprint density at radius 1 is 0.594 bits per heavy atom. The first-order valence-electron chi connectivity index (χ1n) is 13.3. The number of benzene rings is 2. The van der Waals surface area contributed by atoms with Crippen LogP contribution in [-0.4, -0.2) is 34.7 Å². The van der Waals surface area contributed by atoms with Crippen molar-refractivity contribution in [2.24, 2.45) is 0 Å². The molecule has 32 heavy (non-hydrogen) atoms. The molecule has 1 heterocycles. The third kappa shape index (κ3) is 5.49. The predicted octanol–water partition coefficient (Wildman–Crippen LogP) is 7.65. The predicted molar refractivity (Wildman–Crippen MR) is 144 cm³/mol. The molecule has 2 aromatic rings. The van der Waals surface area contributed by atoms with Crippen LogP contribution < -0.4 is 10.6 Å². The van der Waals surface area contributed by atoms with E-state index in [1.807, 2.05) is 0 Å². The normalized spacial score (nSPS) is 23.9. The van der Waals surface area contributed by atoms with Crippen LogP contribution in [-0.2, 0) is 0 Å². The average molecular weight is 466 g/mol. The van der Waals surface area contributed by atoms with Crippen LogP contribution in [0.15, 0.2) is 60.7 Å². The largest absolute Gasteiger partial charge is 0.278 e. The lowest BCUT2D eigenvalue weighted by Crippen LogP contribution is -2.37. The lowest BCUT2D eigenvalue weighted by atomic mass is 10.00. The van der Waals surface area contributed by atoms with Gasteiger partial charge in [0.15, 0.2) is 0 Å². The van der Waals surface area contributed by atoms with Crippen molar-refractivity contribution in [1.82, 2.24) is 4.67 Å². The van der Waals surface area contributed by atoms with Gasteiger partial charge in [0.05, 0.1) is 0 Å². The molecule has 1 nitrogen and oxygen atoms in total. The minimum atomic E-state index is -0.279. The van der Waals surface area contributed by atoms with Crippen molar-refractivity contribution in [3.63, 3.8) is 0 Å². The summed E-state index contributed by atoms with van der Waals surface area (Å²) in [4.78, 5) is 0. The first-order valence-corrected chi connectivity index (χ1v) is 16.3. The molecule has 5 rings (SSSR count). The molecule has 1 saturated heterocycles. The van der Waals surface area contributed by atoms with Crippen molar-refractivity contribution in [3.8, 4) is 0 Å². The molecule has 2 saturated carbocycles. The quantitative estimate of drug-likeness (QED) is 0.380. The van der Waals surface area contributed by atoms with E-state index in [0.717, 1.165) is 17.4 Å². The first kappa shape index (κ1) is 23.0. The molecule has 3 fully saturated rings. The zero-order chi connectivity index (χ0) is 21.6. The van der Waals surface area contributed by atoms with Gasteiger partial charge in [0.25, 0.3) is 0 Å². The smallest absolute Gasteiger partial charge is 0.0180 e. The van der Waals surface area contributed by atoms with E-state index in [-0.39, 0.29) is 16.0 Å². The van der Waals surface area contributed by atoms with Crippen molar-refractivity contribution in [3.05, 3.63) is 60.7 Å². The molecule has 0 amide bonds. The zero-order valence-electron chi connectivity index (χ0n) is 19.7. The number of rotatable bonds is 7. The summed E-state index contributed by atoms with van der Waals surface area (Å²) in [6.45, 7) is 1.39. The van der Waals surface area contributed by atoms with E-state index in [1.165, 1.54) is 89.8 Å². The van der Waals surface area contributed by atoms with Crippen LogP contribution >= 0.6 is 16.0 Å².